The Morgan fingerprint density at radius 2 is 1.94 bits per heavy atom. The first-order chi connectivity index (χ1) is 8.42. The van der Waals surface area contributed by atoms with Gasteiger partial charge in [0.2, 0.25) is 0 Å². The van der Waals surface area contributed by atoms with Crippen LogP contribution < -0.4 is 0 Å². The lowest BCUT2D eigenvalue weighted by Gasteiger charge is -2.39. The van der Waals surface area contributed by atoms with Gasteiger partial charge in [0.05, 0.1) is 13.5 Å². The van der Waals surface area contributed by atoms with E-state index in [0.717, 1.165) is 19.3 Å². The smallest absolute Gasteiger partial charge is 0.307 e. The second-order valence-electron chi connectivity index (χ2n) is 5.14. The molecule has 1 rings (SSSR count). The zero-order valence-electron chi connectivity index (χ0n) is 11.7. The molecule has 1 heterocycles. The van der Waals surface area contributed by atoms with Crippen LogP contribution in [-0.4, -0.2) is 49.2 Å². The fraction of sp³-hybridized carbons (Fsp3) is 0.846. The predicted molar refractivity (Wildman–Crippen MR) is 67.1 cm³/mol. The summed E-state index contributed by atoms with van der Waals surface area (Å²) in [7, 11) is 2.90. The van der Waals surface area contributed by atoms with Crippen molar-refractivity contribution in [1.82, 2.24) is 4.90 Å². The van der Waals surface area contributed by atoms with E-state index in [4.69, 9.17) is 4.74 Å². The molecule has 0 radical (unpaired) electrons. The minimum atomic E-state index is -0.842. The molecule has 5 heteroatoms. The number of methoxy groups -OCH3 is 2. The number of nitrogens with zero attached hydrogens (tertiary/aromatic N) is 1. The number of rotatable bonds is 4. The number of hydrogen-bond acceptors (Lipinski definition) is 4. The number of amides is 1. The van der Waals surface area contributed by atoms with Crippen LogP contribution in [0.1, 0.15) is 39.5 Å². The van der Waals surface area contributed by atoms with Crippen LogP contribution in [0.25, 0.3) is 0 Å². The van der Waals surface area contributed by atoms with Gasteiger partial charge in [-0.05, 0) is 33.1 Å². The van der Waals surface area contributed by atoms with Crippen LogP contribution in [0, 0.1) is 0 Å². The second kappa shape index (κ2) is 6.18. The van der Waals surface area contributed by atoms with Gasteiger partial charge in [0.25, 0.3) is 5.91 Å². The van der Waals surface area contributed by atoms with Crippen LogP contribution in [0.2, 0.25) is 0 Å². The van der Waals surface area contributed by atoms with Gasteiger partial charge in [-0.25, -0.2) is 0 Å². The highest BCUT2D eigenvalue weighted by molar-refractivity contribution is 5.85. The van der Waals surface area contributed by atoms with E-state index in [-0.39, 0.29) is 24.3 Å². The summed E-state index contributed by atoms with van der Waals surface area (Å²) in [5.74, 6) is -0.325. The van der Waals surface area contributed by atoms with Crippen molar-refractivity contribution >= 4 is 11.9 Å². The van der Waals surface area contributed by atoms with Crippen molar-refractivity contribution in [1.29, 1.82) is 0 Å². The first-order valence-electron chi connectivity index (χ1n) is 6.35. The largest absolute Gasteiger partial charge is 0.469 e. The lowest BCUT2D eigenvalue weighted by atomic mass is 9.96. The maximum absolute atomic E-state index is 12.4. The Labute approximate surface area is 108 Å². The average Bonchev–Trinajstić information content (AvgIpc) is 2.38. The van der Waals surface area contributed by atoms with E-state index in [9.17, 15) is 9.59 Å². The van der Waals surface area contributed by atoms with Crippen molar-refractivity contribution in [2.75, 3.05) is 20.8 Å². The number of hydrogen-bond donors (Lipinski definition) is 0. The molecule has 1 unspecified atom stereocenters. The van der Waals surface area contributed by atoms with Gasteiger partial charge in [-0.3, -0.25) is 9.59 Å². The predicted octanol–water partition coefficient (Wildman–Crippen LogP) is 1.36. The number of piperidine rings is 1. The Kier molecular flexibility index (Phi) is 5.14. The average molecular weight is 257 g/mol. The molecule has 0 saturated carbocycles. The zero-order chi connectivity index (χ0) is 13.8. The normalized spacial score (nSPS) is 20.7. The minimum Gasteiger partial charge on any atom is -0.469 e. The summed E-state index contributed by atoms with van der Waals surface area (Å²) in [4.78, 5) is 25.5. The summed E-state index contributed by atoms with van der Waals surface area (Å²) < 4.78 is 9.91. The van der Waals surface area contributed by atoms with Gasteiger partial charge in [0, 0.05) is 19.7 Å². The Hall–Kier alpha value is -1.10. The van der Waals surface area contributed by atoms with Crippen molar-refractivity contribution in [2.24, 2.45) is 0 Å². The van der Waals surface area contributed by atoms with Crippen molar-refractivity contribution < 1.29 is 19.1 Å². The van der Waals surface area contributed by atoms with Gasteiger partial charge in [0.1, 0.15) is 5.60 Å². The van der Waals surface area contributed by atoms with Gasteiger partial charge in [0.15, 0.2) is 0 Å². The lowest BCUT2D eigenvalue weighted by Crippen LogP contribution is -2.53. The molecule has 1 fully saturated rings. The highest BCUT2D eigenvalue weighted by Gasteiger charge is 2.37. The van der Waals surface area contributed by atoms with Crippen molar-refractivity contribution in [2.45, 2.75) is 51.2 Å². The second-order valence-corrected chi connectivity index (χ2v) is 5.14. The summed E-state index contributed by atoms with van der Waals surface area (Å²) in [6.07, 6.45) is 3.13. The molecule has 18 heavy (non-hydrogen) atoms. The summed E-state index contributed by atoms with van der Waals surface area (Å²) in [6, 6.07) is -0.0619. The maximum Gasteiger partial charge on any atom is 0.307 e. The molecule has 0 bridgehead atoms. The van der Waals surface area contributed by atoms with Gasteiger partial charge in [-0.15, -0.1) is 0 Å². The van der Waals surface area contributed by atoms with Crippen molar-refractivity contribution in [3.63, 3.8) is 0 Å². The first-order valence-corrected chi connectivity index (χ1v) is 6.35. The molecule has 1 amide bonds. The molecule has 104 valence electrons. The zero-order valence-corrected chi connectivity index (χ0v) is 11.7. The Morgan fingerprint density at radius 1 is 1.28 bits per heavy atom. The number of carbonyl (C=O) groups excluding carboxylic acids is 2. The van der Waals surface area contributed by atoms with E-state index in [1.54, 1.807) is 18.7 Å². The number of carbonyl (C=O) groups is 2. The molecule has 0 aliphatic carbocycles. The lowest BCUT2D eigenvalue weighted by molar-refractivity contribution is -0.156. The molecule has 0 aromatic carbocycles. The van der Waals surface area contributed by atoms with E-state index in [2.05, 4.69) is 4.74 Å². The van der Waals surface area contributed by atoms with Gasteiger partial charge < -0.3 is 14.4 Å². The summed E-state index contributed by atoms with van der Waals surface area (Å²) in [6.45, 7) is 4.19. The maximum atomic E-state index is 12.4. The van der Waals surface area contributed by atoms with Crippen molar-refractivity contribution in [3.8, 4) is 0 Å². The molecule has 1 aliphatic heterocycles. The van der Waals surface area contributed by atoms with Gasteiger partial charge in [-0.2, -0.15) is 0 Å². The third-order valence-corrected chi connectivity index (χ3v) is 3.54. The molecule has 1 aliphatic rings. The fourth-order valence-electron chi connectivity index (χ4n) is 2.19. The number of likely N-dealkylation sites (tertiary alicyclic amines) is 1. The molecule has 5 nitrogen and oxygen atoms in total. The van der Waals surface area contributed by atoms with Crippen LogP contribution in [0.15, 0.2) is 0 Å². The van der Waals surface area contributed by atoms with Gasteiger partial charge >= 0.3 is 5.97 Å². The Balaban J connectivity index is 2.76. The number of esters is 1. The standard InChI is InChI=1S/C13H23NO4/c1-13(2,18-4)12(16)14-8-6-5-7-10(14)9-11(15)17-3/h10H,5-9H2,1-4H3. The molecule has 0 aromatic heterocycles. The summed E-state index contributed by atoms with van der Waals surface area (Å²) in [5.41, 5.74) is -0.842. The Bertz CT molecular complexity index is 314. The van der Waals surface area contributed by atoms with Crippen molar-refractivity contribution in [3.05, 3.63) is 0 Å². The van der Waals surface area contributed by atoms with E-state index in [0.29, 0.717) is 6.54 Å². The molecule has 1 saturated heterocycles. The minimum absolute atomic E-state index is 0.0568. The van der Waals surface area contributed by atoms with Gasteiger partial charge in [-0.1, -0.05) is 0 Å². The first kappa shape index (κ1) is 15.0. The SMILES string of the molecule is COC(=O)CC1CCCCN1C(=O)C(C)(C)OC. The molecule has 0 N–H and O–H groups in total. The quantitative estimate of drug-likeness (QED) is 0.713. The molecule has 0 aromatic rings. The highest BCUT2D eigenvalue weighted by Crippen LogP contribution is 2.24. The van der Waals surface area contributed by atoms with E-state index < -0.39 is 5.60 Å². The van der Waals surface area contributed by atoms with E-state index in [1.165, 1.54) is 14.2 Å². The number of ether oxygens (including phenoxy) is 2. The van der Waals surface area contributed by atoms with E-state index in [1.807, 2.05) is 0 Å². The van der Waals surface area contributed by atoms with Crippen LogP contribution in [0.5, 0.6) is 0 Å². The molecule has 0 spiro atoms. The van der Waals surface area contributed by atoms with Crippen LogP contribution in [-0.2, 0) is 19.1 Å². The monoisotopic (exact) mass is 257 g/mol. The molecular weight excluding hydrogens is 234 g/mol. The van der Waals surface area contributed by atoms with Crippen LogP contribution in [0.4, 0.5) is 0 Å². The third-order valence-electron chi connectivity index (χ3n) is 3.54. The summed E-state index contributed by atoms with van der Waals surface area (Å²) >= 11 is 0. The van der Waals surface area contributed by atoms with E-state index >= 15 is 0 Å². The Morgan fingerprint density at radius 3 is 2.50 bits per heavy atom. The van der Waals surface area contributed by atoms with Crippen LogP contribution >= 0.6 is 0 Å². The third kappa shape index (κ3) is 3.45. The molecular formula is C13H23NO4. The summed E-state index contributed by atoms with van der Waals surface area (Å²) in [5, 5.41) is 0. The van der Waals surface area contributed by atoms with Crippen LogP contribution in [0.3, 0.4) is 0 Å². The molecule has 1 atom stereocenters. The highest BCUT2D eigenvalue weighted by atomic mass is 16.5. The topological polar surface area (TPSA) is 55.8 Å². The fourth-order valence-corrected chi connectivity index (χ4v) is 2.19.